The molecule has 0 saturated carbocycles. The normalized spacial score (nSPS) is 10.8. The number of hydrogen-bond donors (Lipinski definition) is 3. The summed E-state index contributed by atoms with van der Waals surface area (Å²) in [4.78, 5) is 20.6. The van der Waals surface area contributed by atoms with E-state index in [2.05, 4.69) is 41.6 Å². The van der Waals surface area contributed by atoms with Gasteiger partial charge in [0.05, 0.1) is 10.7 Å². The van der Waals surface area contributed by atoms with E-state index in [1.54, 1.807) is 29.2 Å². The molecule has 0 bridgehead atoms. The van der Waals surface area contributed by atoms with Crippen LogP contribution in [0.4, 0.5) is 5.82 Å². The number of amides is 1. The summed E-state index contributed by atoms with van der Waals surface area (Å²) in [6, 6.07) is 5.50. The van der Waals surface area contributed by atoms with E-state index in [1.165, 1.54) is 0 Å². The first-order chi connectivity index (χ1) is 11.7. The third-order valence-corrected chi connectivity index (χ3v) is 3.85. The topological polar surface area (TPSA) is 110 Å². The Hall–Kier alpha value is -2.52. The predicted octanol–water partition coefficient (Wildman–Crippen LogP) is 1.19. The molecule has 3 heterocycles. The highest BCUT2D eigenvalue weighted by molar-refractivity contribution is 9.10. The third kappa shape index (κ3) is 3.52. The van der Waals surface area contributed by atoms with Crippen molar-refractivity contribution in [1.82, 2.24) is 24.9 Å². The van der Waals surface area contributed by atoms with E-state index < -0.39 is 0 Å². The van der Waals surface area contributed by atoms with Crippen LogP contribution < -0.4 is 16.4 Å². The van der Waals surface area contributed by atoms with Gasteiger partial charge in [0.1, 0.15) is 11.5 Å². The molecule has 0 aliphatic carbocycles. The zero-order valence-corrected chi connectivity index (χ0v) is 14.3. The molecule has 24 heavy (non-hydrogen) atoms. The molecule has 1 amide bonds. The number of carbonyl (C=O) groups is 1. The van der Waals surface area contributed by atoms with Gasteiger partial charge in [-0.3, -0.25) is 9.78 Å². The molecule has 9 heteroatoms. The minimum atomic E-state index is -0.277. The molecular formula is C15H16BrN7O. The summed E-state index contributed by atoms with van der Waals surface area (Å²) in [7, 11) is 0. The molecule has 0 spiro atoms. The molecular weight excluding hydrogens is 374 g/mol. The van der Waals surface area contributed by atoms with Crippen LogP contribution in [0.5, 0.6) is 0 Å². The maximum atomic E-state index is 12.2. The third-order valence-electron chi connectivity index (χ3n) is 3.29. The van der Waals surface area contributed by atoms with Crippen LogP contribution in [0.3, 0.4) is 0 Å². The smallest absolute Gasteiger partial charge is 0.270 e. The van der Waals surface area contributed by atoms with Gasteiger partial charge in [-0.15, -0.1) is 0 Å². The van der Waals surface area contributed by atoms with Gasteiger partial charge in [-0.05, 0) is 27.6 Å². The number of pyridine rings is 1. The number of rotatable bonds is 6. The van der Waals surface area contributed by atoms with Crippen LogP contribution in [-0.4, -0.2) is 38.6 Å². The van der Waals surface area contributed by atoms with Crippen LogP contribution in [-0.2, 0) is 6.54 Å². The molecule has 0 fully saturated rings. The lowest BCUT2D eigenvalue weighted by Gasteiger charge is -2.10. The summed E-state index contributed by atoms with van der Waals surface area (Å²) >= 11 is 3.40. The van der Waals surface area contributed by atoms with Crippen LogP contribution in [0.15, 0.2) is 41.3 Å². The SMILES string of the molecule is NCCNC(=O)c1cc(NCc2cccnc2)n2ncc(Br)c2n1. The summed E-state index contributed by atoms with van der Waals surface area (Å²) in [6.45, 7) is 1.31. The molecule has 0 radical (unpaired) electrons. The van der Waals surface area contributed by atoms with Crippen molar-refractivity contribution in [3.05, 3.63) is 52.5 Å². The highest BCUT2D eigenvalue weighted by Gasteiger charge is 2.14. The second kappa shape index (κ2) is 7.37. The lowest BCUT2D eigenvalue weighted by atomic mass is 10.3. The zero-order chi connectivity index (χ0) is 16.9. The van der Waals surface area contributed by atoms with Crippen LogP contribution >= 0.6 is 15.9 Å². The van der Waals surface area contributed by atoms with E-state index >= 15 is 0 Å². The Morgan fingerprint density at radius 3 is 3.00 bits per heavy atom. The number of carbonyl (C=O) groups excluding carboxylic acids is 1. The van der Waals surface area contributed by atoms with Crippen molar-refractivity contribution >= 4 is 33.3 Å². The van der Waals surface area contributed by atoms with E-state index in [0.29, 0.717) is 41.3 Å². The zero-order valence-electron chi connectivity index (χ0n) is 12.7. The molecule has 3 rings (SSSR count). The minimum Gasteiger partial charge on any atom is -0.366 e. The van der Waals surface area contributed by atoms with Gasteiger partial charge in [-0.2, -0.15) is 9.61 Å². The maximum absolute atomic E-state index is 12.2. The predicted molar refractivity (Wildman–Crippen MR) is 93.6 cm³/mol. The number of hydrogen-bond acceptors (Lipinski definition) is 6. The van der Waals surface area contributed by atoms with E-state index in [1.807, 2.05) is 12.1 Å². The Kier molecular flexibility index (Phi) is 5.02. The number of anilines is 1. The Morgan fingerprint density at radius 1 is 1.38 bits per heavy atom. The summed E-state index contributed by atoms with van der Waals surface area (Å²) < 4.78 is 2.35. The molecule has 4 N–H and O–H groups in total. The highest BCUT2D eigenvalue weighted by atomic mass is 79.9. The van der Waals surface area contributed by atoms with Gasteiger partial charge in [-0.25, -0.2) is 4.98 Å². The van der Waals surface area contributed by atoms with Gasteiger partial charge in [0.25, 0.3) is 5.91 Å². The van der Waals surface area contributed by atoms with Crippen molar-refractivity contribution in [2.24, 2.45) is 5.73 Å². The van der Waals surface area contributed by atoms with Crippen molar-refractivity contribution in [1.29, 1.82) is 0 Å². The Balaban J connectivity index is 1.91. The van der Waals surface area contributed by atoms with Gasteiger partial charge >= 0.3 is 0 Å². The quantitative estimate of drug-likeness (QED) is 0.583. The Morgan fingerprint density at radius 2 is 2.25 bits per heavy atom. The van der Waals surface area contributed by atoms with Gasteiger partial charge in [-0.1, -0.05) is 6.07 Å². The Bertz CT molecular complexity index is 850. The summed E-state index contributed by atoms with van der Waals surface area (Å²) in [5, 5.41) is 10.3. The summed E-state index contributed by atoms with van der Waals surface area (Å²) in [5.41, 5.74) is 7.29. The molecule has 0 saturated heterocycles. The fourth-order valence-corrected chi connectivity index (χ4v) is 2.50. The minimum absolute atomic E-state index is 0.277. The highest BCUT2D eigenvalue weighted by Crippen LogP contribution is 2.20. The molecule has 8 nitrogen and oxygen atoms in total. The van der Waals surface area contributed by atoms with Crippen LogP contribution in [0.1, 0.15) is 16.1 Å². The monoisotopic (exact) mass is 389 g/mol. The average molecular weight is 390 g/mol. The summed E-state index contributed by atoms with van der Waals surface area (Å²) in [6.07, 6.45) is 5.14. The standard InChI is InChI=1S/C15H16BrN7O/c16-11-9-21-23-13(20-8-10-2-1-4-18-7-10)6-12(22-14(11)23)15(24)19-5-3-17/h1-2,4,6-7,9,20H,3,5,8,17H2,(H,19,24). The van der Waals surface area contributed by atoms with Crippen molar-refractivity contribution < 1.29 is 4.79 Å². The molecule has 124 valence electrons. The fraction of sp³-hybridized carbons (Fsp3) is 0.200. The van der Waals surface area contributed by atoms with Crippen molar-refractivity contribution in [2.45, 2.75) is 6.54 Å². The molecule has 0 unspecified atom stereocenters. The van der Waals surface area contributed by atoms with Crippen molar-refractivity contribution in [3.8, 4) is 0 Å². The largest absolute Gasteiger partial charge is 0.366 e. The molecule has 3 aromatic rings. The number of nitrogens with zero attached hydrogens (tertiary/aromatic N) is 4. The Labute approximate surface area is 146 Å². The van der Waals surface area contributed by atoms with Crippen LogP contribution in [0.2, 0.25) is 0 Å². The van der Waals surface area contributed by atoms with Gasteiger partial charge < -0.3 is 16.4 Å². The number of nitrogens with one attached hydrogen (secondary N) is 2. The molecule has 0 aromatic carbocycles. The van der Waals surface area contributed by atoms with E-state index in [-0.39, 0.29) is 5.91 Å². The first kappa shape index (κ1) is 16.3. The van der Waals surface area contributed by atoms with Crippen molar-refractivity contribution in [2.75, 3.05) is 18.4 Å². The lowest BCUT2D eigenvalue weighted by Crippen LogP contribution is -2.30. The number of aromatic nitrogens is 4. The van der Waals surface area contributed by atoms with E-state index in [9.17, 15) is 4.79 Å². The second-order valence-electron chi connectivity index (χ2n) is 5.01. The second-order valence-corrected chi connectivity index (χ2v) is 5.87. The molecule has 0 aliphatic heterocycles. The van der Waals surface area contributed by atoms with Gasteiger partial charge in [0.2, 0.25) is 0 Å². The van der Waals surface area contributed by atoms with E-state index in [4.69, 9.17) is 5.73 Å². The molecule has 3 aromatic heterocycles. The first-order valence-electron chi connectivity index (χ1n) is 7.34. The van der Waals surface area contributed by atoms with Crippen molar-refractivity contribution in [3.63, 3.8) is 0 Å². The first-order valence-corrected chi connectivity index (χ1v) is 8.13. The summed E-state index contributed by atoms with van der Waals surface area (Å²) in [5.74, 6) is 0.382. The average Bonchev–Trinajstić information content (AvgIpc) is 2.99. The number of fused-ring (bicyclic) bond motifs is 1. The van der Waals surface area contributed by atoms with E-state index in [0.717, 1.165) is 5.56 Å². The van der Waals surface area contributed by atoms with Gasteiger partial charge in [0, 0.05) is 38.1 Å². The maximum Gasteiger partial charge on any atom is 0.270 e. The van der Waals surface area contributed by atoms with Crippen LogP contribution in [0, 0.1) is 0 Å². The lowest BCUT2D eigenvalue weighted by molar-refractivity contribution is 0.0950. The fourth-order valence-electron chi connectivity index (χ4n) is 2.15. The number of halogens is 1. The van der Waals surface area contributed by atoms with Gasteiger partial charge in [0.15, 0.2) is 5.65 Å². The van der Waals surface area contributed by atoms with Crippen LogP contribution in [0.25, 0.3) is 5.65 Å². The number of nitrogens with two attached hydrogens (primary N) is 1. The molecule has 0 atom stereocenters. The molecule has 0 aliphatic rings.